The predicted octanol–water partition coefficient (Wildman–Crippen LogP) is 4.90. The van der Waals surface area contributed by atoms with Crippen LogP contribution in [0.4, 0.5) is 11.4 Å². The summed E-state index contributed by atoms with van der Waals surface area (Å²) in [5.41, 5.74) is 5.12. The van der Waals surface area contributed by atoms with Gasteiger partial charge in [0.2, 0.25) is 5.91 Å². The highest BCUT2D eigenvalue weighted by molar-refractivity contribution is 7.13. The van der Waals surface area contributed by atoms with Crippen molar-refractivity contribution in [3.05, 3.63) is 65.2 Å². The van der Waals surface area contributed by atoms with E-state index in [1.54, 1.807) is 11.3 Å². The minimum absolute atomic E-state index is 0.0252. The summed E-state index contributed by atoms with van der Waals surface area (Å²) in [7, 11) is 0. The summed E-state index contributed by atoms with van der Waals surface area (Å²) < 4.78 is 0. The van der Waals surface area contributed by atoms with Gasteiger partial charge in [-0.3, -0.25) is 4.79 Å². The highest BCUT2D eigenvalue weighted by Gasteiger charge is 2.17. The summed E-state index contributed by atoms with van der Waals surface area (Å²) in [4.78, 5) is 19.6. The van der Waals surface area contributed by atoms with E-state index in [0.29, 0.717) is 0 Å². The largest absolute Gasteiger partial charge is 0.370 e. The van der Waals surface area contributed by atoms with Crippen molar-refractivity contribution >= 4 is 28.6 Å². The zero-order chi connectivity index (χ0) is 18.6. The summed E-state index contributed by atoms with van der Waals surface area (Å²) in [5.74, 6) is -0.0252. The van der Waals surface area contributed by atoms with Crippen molar-refractivity contribution in [2.75, 3.05) is 23.3 Å². The van der Waals surface area contributed by atoms with E-state index in [1.165, 1.54) is 18.4 Å². The number of thiazole rings is 1. The number of aromatic nitrogens is 1. The lowest BCUT2D eigenvalue weighted by Gasteiger charge is -2.21. The van der Waals surface area contributed by atoms with Gasteiger partial charge in [-0.25, -0.2) is 4.98 Å². The first-order valence-electron chi connectivity index (χ1n) is 9.34. The van der Waals surface area contributed by atoms with E-state index in [2.05, 4.69) is 46.4 Å². The van der Waals surface area contributed by atoms with Gasteiger partial charge < -0.3 is 10.2 Å². The number of nitrogens with zero attached hydrogens (tertiary/aromatic N) is 2. The SMILES string of the molecule is Cc1cccc(-c2nc(CC(=O)Nc3ccccc3N3CCCC3)cs2)c1. The van der Waals surface area contributed by atoms with Crippen LogP contribution in [0.2, 0.25) is 0 Å². The topological polar surface area (TPSA) is 45.2 Å². The molecule has 0 aliphatic carbocycles. The molecular weight excluding hydrogens is 354 g/mol. The monoisotopic (exact) mass is 377 g/mol. The summed E-state index contributed by atoms with van der Waals surface area (Å²) in [6, 6.07) is 16.3. The molecule has 1 amide bonds. The van der Waals surface area contributed by atoms with Crippen molar-refractivity contribution < 1.29 is 4.79 Å². The summed E-state index contributed by atoms with van der Waals surface area (Å²) >= 11 is 1.58. The average Bonchev–Trinajstić information content (AvgIpc) is 3.34. The molecule has 1 aromatic heterocycles. The van der Waals surface area contributed by atoms with Gasteiger partial charge in [0, 0.05) is 24.0 Å². The van der Waals surface area contributed by atoms with Gasteiger partial charge >= 0.3 is 0 Å². The third kappa shape index (κ3) is 4.19. The Morgan fingerprint density at radius 2 is 1.96 bits per heavy atom. The first-order valence-corrected chi connectivity index (χ1v) is 10.2. The van der Waals surface area contributed by atoms with E-state index in [0.717, 1.165) is 40.7 Å². The lowest BCUT2D eigenvalue weighted by atomic mass is 10.1. The van der Waals surface area contributed by atoms with Gasteiger partial charge in [-0.1, -0.05) is 35.9 Å². The Labute approximate surface area is 163 Å². The maximum Gasteiger partial charge on any atom is 0.230 e. The lowest BCUT2D eigenvalue weighted by molar-refractivity contribution is -0.115. The maximum atomic E-state index is 12.6. The van der Waals surface area contributed by atoms with Crippen LogP contribution in [0.15, 0.2) is 53.9 Å². The van der Waals surface area contributed by atoms with Crippen molar-refractivity contribution in [1.29, 1.82) is 0 Å². The highest BCUT2D eigenvalue weighted by atomic mass is 32.1. The quantitative estimate of drug-likeness (QED) is 0.688. The molecule has 0 radical (unpaired) electrons. The number of anilines is 2. The molecule has 1 fully saturated rings. The van der Waals surface area contributed by atoms with Crippen LogP contribution in [-0.4, -0.2) is 24.0 Å². The number of para-hydroxylation sites is 2. The molecule has 0 bridgehead atoms. The maximum absolute atomic E-state index is 12.6. The first kappa shape index (κ1) is 17.7. The van der Waals surface area contributed by atoms with Crippen LogP contribution in [-0.2, 0) is 11.2 Å². The Morgan fingerprint density at radius 1 is 1.15 bits per heavy atom. The molecule has 1 aliphatic heterocycles. The Morgan fingerprint density at radius 3 is 2.78 bits per heavy atom. The third-order valence-corrected chi connectivity index (χ3v) is 5.72. The number of aryl methyl sites for hydroxylation is 1. The van der Waals surface area contributed by atoms with Gasteiger partial charge in [0.05, 0.1) is 23.5 Å². The van der Waals surface area contributed by atoms with Crippen LogP contribution >= 0.6 is 11.3 Å². The van der Waals surface area contributed by atoms with E-state index >= 15 is 0 Å². The van der Waals surface area contributed by atoms with Gasteiger partial charge in [-0.15, -0.1) is 11.3 Å². The van der Waals surface area contributed by atoms with Gasteiger partial charge in [0.1, 0.15) is 5.01 Å². The molecule has 0 atom stereocenters. The van der Waals surface area contributed by atoms with Gasteiger partial charge in [0.25, 0.3) is 0 Å². The number of hydrogen-bond donors (Lipinski definition) is 1. The Hall–Kier alpha value is -2.66. The number of carbonyl (C=O) groups excluding carboxylic acids is 1. The van der Waals surface area contributed by atoms with Gasteiger partial charge in [0.15, 0.2) is 0 Å². The number of carbonyl (C=O) groups is 1. The normalized spacial score (nSPS) is 13.7. The van der Waals surface area contributed by atoms with E-state index < -0.39 is 0 Å². The van der Waals surface area contributed by atoms with Gasteiger partial charge in [-0.2, -0.15) is 0 Å². The van der Waals surface area contributed by atoms with Crippen molar-refractivity contribution in [2.24, 2.45) is 0 Å². The van der Waals surface area contributed by atoms with Gasteiger partial charge in [-0.05, 0) is 38.0 Å². The smallest absolute Gasteiger partial charge is 0.230 e. The van der Waals surface area contributed by atoms with Crippen molar-refractivity contribution in [2.45, 2.75) is 26.2 Å². The first-order chi connectivity index (χ1) is 13.2. The number of rotatable bonds is 5. The van der Waals surface area contributed by atoms with E-state index in [-0.39, 0.29) is 12.3 Å². The molecule has 0 unspecified atom stereocenters. The molecule has 1 saturated heterocycles. The number of nitrogens with one attached hydrogen (secondary N) is 1. The second-order valence-corrected chi connectivity index (χ2v) is 7.81. The minimum atomic E-state index is -0.0252. The summed E-state index contributed by atoms with van der Waals surface area (Å²) in [6.45, 7) is 4.18. The molecule has 1 N–H and O–H groups in total. The lowest BCUT2D eigenvalue weighted by Crippen LogP contribution is -2.21. The van der Waals surface area contributed by atoms with Crippen LogP contribution in [0.25, 0.3) is 10.6 Å². The van der Waals surface area contributed by atoms with Crippen LogP contribution in [0.3, 0.4) is 0 Å². The average molecular weight is 378 g/mol. The Balaban J connectivity index is 1.45. The summed E-state index contributed by atoms with van der Waals surface area (Å²) in [6.07, 6.45) is 2.71. The fourth-order valence-corrected chi connectivity index (χ4v) is 4.29. The fraction of sp³-hybridized carbons (Fsp3) is 0.273. The van der Waals surface area contributed by atoms with Crippen LogP contribution in [0, 0.1) is 6.92 Å². The van der Waals surface area contributed by atoms with Crippen molar-refractivity contribution in [3.63, 3.8) is 0 Å². The molecule has 0 saturated carbocycles. The highest BCUT2D eigenvalue weighted by Crippen LogP contribution is 2.29. The Bertz CT molecular complexity index is 944. The van der Waals surface area contributed by atoms with Crippen LogP contribution in [0.5, 0.6) is 0 Å². The Kier molecular flexibility index (Phi) is 5.21. The van der Waals surface area contributed by atoms with Crippen LogP contribution in [0.1, 0.15) is 24.1 Å². The van der Waals surface area contributed by atoms with Crippen molar-refractivity contribution in [3.8, 4) is 10.6 Å². The molecule has 27 heavy (non-hydrogen) atoms. The predicted molar refractivity (Wildman–Crippen MR) is 113 cm³/mol. The fourth-order valence-electron chi connectivity index (χ4n) is 3.47. The van der Waals surface area contributed by atoms with E-state index in [4.69, 9.17) is 0 Å². The second-order valence-electron chi connectivity index (χ2n) is 6.95. The molecule has 138 valence electrons. The molecule has 5 heteroatoms. The molecule has 4 nitrogen and oxygen atoms in total. The third-order valence-electron chi connectivity index (χ3n) is 4.78. The standard InChI is InChI=1S/C22H23N3OS/c1-16-7-6-8-17(13-16)22-23-18(15-27-22)14-21(26)24-19-9-2-3-10-20(19)25-11-4-5-12-25/h2-3,6-10,13,15H,4-5,11-12,14H2,1H3,(H,24,26). The zero-order valence-electron chi connectivity index (χ0n) is 15.4. The van der Waals surface area contributed by atoms with E-state index in [1.807, 2.05) is 29.6 Å². The number of hydrogen-bond acceptors (Lipinski definition) is 4. The molecule has 4 rings (SSSR count). The molecule has 3 aromatic rings. The van der Waals surface area contributed by atoms with E-state index in [9.17, 15) is 4.79 Å². The molecule has 2 heterocycles. The van der Waals surface area contributed by atoms with Crippen LogP contribution < -0.4 is 10.2 Å². The second kappa shape index (κ2) is 7.92. The molecule has 1 aliphatic rings. The molecular formula is C22H23N3OS. The molecule has 2 aromatic carbocycles. The number of benzene rings is 2. The summed E-state index contributed by atoms with van der Waals surface area (Å²) in [5, 5.41) is 6.01. The molecule has 0 spiro atoms. The number of amides is 1. The minimum Gasteiger partial charge on any atom is -0.370 e. The van der Waals surface area contributed by atoms with Crippen molar-refractivity contribution in [1.82, 2.24) is 4.98 Å². The zero-order valence-corrected chi connectivity index (χ0v) is 16.3.